The average Bonchev–Trinajstić information content (AvgIpc) is 2.52. The lowest BCUT2D eigenvalue weighted by molar-refractivity contribution is 0.229. The fraction of sp³-hybridized carbons (Fsp3) is 0.125. The Morgan fingerprint density at radius 2 is 1.23 bits per heavy atom. The molecule has 4 N–H and O–H groups in total. The third-order valence-corrected chi connectivity index (χ3v) is 5.70. The average molecular weight is 400 g/mol. The Kier molecular flexibility index (Phi) is 6.09. The molecule has 0 aliphatic rings. The molecule has 1 unspecified atom stereocenters. The zero-order valence-corrected chi connectivity index (χ0v) is 15.7. The van der Waals surface area contributed by atoms with Crippen LogP contribution in [0, 0.1) is 0 Å². The maximum Gasteiger partial charge on any atom is 0.536 e. The first-order chi connectivity index (χ1) is 12.0. The number of phosphoric ester groups is 1. The molecule has 0 spiro atoms. The number of hydrogen-bond donors (Lipinski definition) is 4. The first kappa shape index (κ1) is 20.4. The molecule has 0 radical (unpaired) electrons. The molecule has 1 atom stereocenters. The van der Waals surface area contributed by atoms with Crippen LogP contribution in [0.4, 0.5) is 0 Å². The second-order valence-corrected chi connectivity index (χ2v) is 8.21. The standard InChI is InChI=1S/C16H18O8P2/c1-11(13-3-7-15(17)8-4-13)12(2)14-5-9-16(10-6-14)23-26(21,22)24-25(18,19)20/h3-10,17H,1-2H3,(H,21,22)(H2,18,19,20). The van der Waals surface area contributed by atoms with Crippen LogP contribution in [0.25, 0.3) is 11.1 Å². The summed E-state index contributed by atoms with van der Waals surface area (Å²) in [6.07, 6.45) is 0. The molecular weight excluding hydrogens is 382 g/mol. The Bertz CT molecular complexity index is 897. The number of aromatic hydroxyl groups is 1. The molecule has 0 bridgehead atoms. The van der Waals surface area contributed by atoms with E-state index in [0.29, 0.717) is 0 Å². The van der Waals surface area contributed by atoms with Crippen LogP contribution in [0.1, 0.15) is 25.0 Å². The summed E-state index contributed by atoms with van der Waals surface area (Å²) in [5, 5.41) is 9.36. The van der Waals surface area contributed by atoms with E-state index in [1.54, 1.807) is 36.4 Å². The molecule has 2 aromatic rings. The van der Waals surface area contributed by atoms with Gasteiger partial charge in [-0.25, -0.2) is 9.13 Å². The molecular formula is C16H18O8P2. The fourth-order valence-electron chi connectivity index (χ4n) is 2.19. The van der Waals surface area contributed by atoms with Gasteiger partial charge in [0.25, 0.3) is 0 Å². The molecule has 0 aliphatic carbocycles. The SMILES string of the molecule is CC(=C(C)c1ccc(OP(=O)(O)OP(=O)(O)O)cc1)c1ccc(O)cc1. The third-order valence-electron chi connectivity index (χ3n) is 3.58. The second kappa shape index (κ2) is 7.76. The van der Waals surface area contributed by atoms with Crippen LogP contribution in [-0.4, -0.2) is 19.8 Å². The van der Waals surface area contributed by atoms with E-state index < -0.39 is 15.6 Å². The van der Waals surface area contributed by atoms with Crippen molar-refractivity contribution in [1.82, 2.24) is 0 Å². The predicted octanol–water partition coefficient (Wildman–Crippen LogP) is 3.93. The quantitative estimate of drug-likeness (QED) is 0.423. The van der Waals surface area contributed by atoms with Gasteiger partial charge in [-0.05, 0) is 60.4 Å². The van der Waals surface area contributed by atoms with Crippen molar-refractivity contribution in [2.24, 2.45) is 0 Å². The second-order valence-electron chi connectivity index (χ2n) is 5.45. The number of rotatable bonds is 6. The van der Waals surface area contributed by atoms with Gasteiger partial charge in [-0.2, -0.15) is 4.31 Å². The van der Waals surface area contributed by atoms with Gasteiger partial charge >= 0.3 is 15.6 Å². The minimum atomic E-state index is -5.16. The van der Waals surface area contributed by atoms with Gasteiger partial charge in [0.15, 0.2) is 0 Å². The molecule has 2 rings (SSSR count). The molecule has 0 fully saturated rings. The van der Waals surface area contributed by atoms with E-state index in [1.807, 2.05) is 13.8 Å². The minimum absolute atomic E-state index is 0.0804. The van der Waals surface area contributed by atoms with Crippen LogP contribution in [0.2, 0.25) is 0 Å². The number of phosphoric acid groups is 2. The van der Waals surface area contributed by atoms with Crippen molar-refractivity contribution in [2.45, 2.75) is 13.8 Å². The van der Waals surface area contributed by atoms with Crippen LogP contribution in [-0.2, 0) is 13.4 Å². The maximum absolute atomic E-state index is 11.5. The topological polar surface area (TPSA) is 134 Å². The van der Waals surface area contributed by atoms with Gasteiger partial charge < -0.3 is 19.4 Å². The van der Waals surface area contributed by atoms with Gasteiger partial charge in [0, 0.05) is 0 Å². The molecule has 0 aliphatic heterocycles. The predicted molar refractivity (Wildman–Crippen MR) is 96.3 cm³/mol. The highest BCUT2D eigenvalue weighted by Gasteiger charge is 2.33. The van der Waals surface area contributed by atoms with Crippen molar-refractivity contribution in [3.63, 3.8) is 0 Å². The highest BCUT2D eigenvalue weighted by molar-refractivity contribution is 7.60. The van der Waals surface area contributed by atoms with Crippen molar-refractivity contribution in [3.8, 4) is 11.5 Å². The van der Waals surface area contributed by atoms with Crippen molar-refractivity contribution >= 4 is 26.8 Å². The Morgan fingerprint density at radius 1 is 0.808 bits per heavy atom. The molecule has 140 valence electrons. The molecule has 0 amide bonds. The van der Waals surface area contributed by atoms with E-state index in [1.165, 1.54) is 12.1 Å². The first-order valence-electron chi connectivity index (χ1n) is 7.33. The molecule has 0 aromatic heterocycles. The minimum Gasteiger partial charge on any atom is -0.508 e. The van der Waals surface area contributed by atoms with Crippen LogP contribution in [0.3, 0.4) is 0 Å². The molecule has 0 heterocycles. The largest absolute Gasteiger partial charge is 0.536 e. The Morgan fingerprint density at radius 3 is 1.65 bits per heavy atom. The van der Waals surface area contributed by atoms with Crippen LogP contribution >= 0.6 is 15.6 Å². The third kappa shape index (κ3) is 5.81. The normalized spacial score (nSPS) is 15.1. The smallest absolute Gasteiger partial charge is 0.508 e. The van der Waals surface area contributed by atoms with Crippen molar-refractivity contribution in [1.29, 1.82) is 0 Å². The lowest BCUT2D eigenvalue weighted by Crippen LogP contribution is -1.96. The monoisotopic (exact) mass is 400 g/mol. The van der Waals surface area contributed by atoms with Gasteiger partial charge in [-0.3, -0.25) is 4.89 Å². The fourth-order valence-corrected chi connectivity index (χ4v) is 3.79. The zero-order valence-electron chi connectivity index (χ0n) is 13.9. The van der Waals surface area contributed by atoms with Gasteiger partial charge in [0.2, 0.25) is 0 Å². The van der Waals surface area contributed by atoms with Crippen molar-refractivity contribution < 1.29 is 37.8 Å². The highest BCUT2D eigenvalue weighted by atomic mass is 31.3. The number of hydrogen-bond acceptors (Lipinski definition) is 5. The molecule has 26 heavy (non-hydrogen) atoms. The molecule has 0 saturated heterocycles. The summed E-state index contributed by atoms with van der Waals surface area (Å²) in [6, 6.07) is 12.8. The molecule has 0 saturated carbocycles. The van der Waals surface area contributed by atoms with Crippen molar-refractivity contribution in [2.75, 3.05) is 0 Å². The number of allylic oxidation sites excluding steroid dienone is 2. The molecule has 10 heteroatoms. The lowest BCUT2D eigenvalue weighted by Gasteiger charge is -2.14. The highest BCUT2D eigenvalue weighted by Crippen LogP contribution is 2.57. The van der Waals surface area contributed by atoms with E-state index in [-0.39, 0.29) is 11.5 Å². The molecule has 8 nitrogen and oxygen atoms in total. The number of phenolic OH excluding ortho intramolecular Hbond substituents is 1. The summed E-state index contributed by atoms with van der Waals surface area (Å²) in [5.74, 6) is 0.0924. The molecule has 2 aromatic carbocycles. The maximum atomic E-state index is 11.5. The Hall–Kier alpha value is -1.92. The summed E-state index contributed by atoms with van der Waals surface area (Å²) < 4.78 is 30.5. The first-order valence-corrected chi connectivity index (χ1v) is 10.4. The van der Waals surface area contributed by atoms with E-state index in [2.05, 4.69) is 8.83 Å². The van der Waals surface area contributed by atoms with Crippen LogP contribution < -0.4 is 4.52 Å². The summed E-state index contributed by atoms with van der Waals surface area (Å²) >= 11 is 0. The van der Waals surface area contributed by atoms with E-state index in [0.717, 1.165) is 22.3 Å². The van der Waals surface area contributed by atoms with Gasteiger partial charge in [0.1, 0.15) is 11.5 Å². The van der Waals surface area contributed by atoms with Crippen LogP contribution in [0.15, 0.2) is 48.5 Å². The number of phenols is 1. The Labute approximate surface area is 150 Å². The van der Waals surface area contributed by atoms with Gasteiger partial charge in [-0.1, -0.05) is 24.3 Å². The van der Waals surface area contributed by atoms with E-state index in [4.69, 9.17) is 9.79 Å². The summed E-state index contributed by atoms with van der Waals surface area (Å²) in [6.45, 7) is 3.81. The van der Waals surface area contributed by atoms with Gasteiger partial charge in [-0.15, -0.1) is 0 Å². The Balaban J connectivity index is 2.21. The van der Waals surface area contributed by atoms with Crippen LogP contribution in [0.5, 0.6) is 11.5 Å². The van der Waals surface area contributed by atoms with Crippen molar-refractivity contribution in [3.05, 3.63) is 59.7 Å². The van der Waals surface area contributed by atoms with Gasteiger partial charge in [0.05, 0.1) is 0 Å². The summed E-state index contributed by atoms with van der Waals surface area (Å²) in [5.41, 5.74) is 3.64. The lowest BCUT2D eigenvalue weighted by atomic mass is 9.97. The summed E-state index contributed by atoms with van der Waals surface area (Å²) in [4.78, 5) is 26.5. The van der Waals surface area contributed by atoms with E-state index >= 15 is 0 Å². The summed E-state index contributed by atoms with van der Waals surface area (Å²) in [7, 11) is -10.1. The zero-order chi connectivity index (χ0) is 19.5. The number of benzene rings is 2. The van der Waals surface area contributed by atoms with E-state index in [9.17, 15) is 19.1 Å².